The Bertz CT molecular complexity index is 621. The molecular formula is C13H18N2O4S. The van der Waals surface area contributed by atoms with Crippen molar-refractivity contribution in [1.29, 1.82) is 0 Å². The van der Waals surface area contributed by atoms with Gasteiger partial charge in [0.15, 0.2) is 0 Å². The van der Waals surface area contributed by atoms with Crippen LogP contribution in [0.1, 0.15) is 28.8 Å². The summed E-state index contributed by atoms with van der Waals surface area (Å²) in [6.45, 7) is 1.75. The predicted octanol–water partition coefficient (Wildman–Crippen LogP) is 0.550. The van der Waals surface area contributed by atoms with Crippen molar-refractivity contribution in [3.8, 4) is 0 Å². The van der Waals surface area contributed by atoms with E-state index >= 15 is 0 Å². The predicted molar refractivity (Wildman–Crippen MR) is 73.8 cm³/mol. The molecule has 0 aliphatic heterocycles. The van der Waals surface area contributed by atoms with Gasteiger partial charge in [-0.2, -0.15) is 0 Å². The molecule has 0 unspecified atom stereocenters. The van der Waals surface area contributed by atoms with Crippen LogP contribution in [0.5, 0.6) is 0 Å². The van der Waals surface area contributed by atoms with Crippen molar-refractivity contribution in [2.24, 2.45) is 5.14 Å². The number of amides is 1. The number of sulfonamides is 1. The second-order valence-corrected chi connectivity index (χ2v) is 6.58. The van der Waals surface area contributed by atoms with E-state index < -0.39 is 10.0 Å². The standard InChI is InChI=1S/C13H18N2O4S/c1-8-3-4-11(20(14,17)18)7-12(8)13(16)15-9-5-10(6-9)19-2/h3-4,7,9-10H,5-6H2,1-2H3,(H,15,16)(H2,14,17,18). The number of nitrogens with two attached hydrogens (primary N) is 1. The molecule has 1 saturated carbocycles. The normalized spacial score (nSPS) is 22.1. The molecule has 1 amide bonds. The number of aryl methyl sites for hydroxylation is 1. The highest BCUT2D eigenvalue weighted by molar-refractivity contribution is 7.89. The van der Waals surface area contributed by atoms with Crippen molar-refractivity contribution < 1.29 is 17.9 Å². The van der Waals surface area contributed by atoms with Gasteiger partial charge in [0.05, 0.1) is 11.0 Å². The van der Waals surface area contributed by atoms with Crippen molar-refractivity contribution in [1.82, 2.24) is 5.32 Å². The summed E-state index contributed by atoms with van der Waals surface area (Å²) in [6.07, 6.45) is 1.74. The van der Waals surface area contributed by atoms with Gasteiger partial charge < -0.3 is 10.1 Å². The van der Waals surface area contributed by atoms with Gasteiger partial charge in [-0.25, -0.2) is 13.6 Å². The maximum absolute atomic E-state index is 12.2. The quantitative estimate of drug-likeness (QED) is 0.848. The monoisotopic (exact) mass is 298 g/mol. The molecule has 0 heterocycles. The van der Waals surface area contributed by atoms with E-state index in [0.29, 0.717) is 11.1 Å². The van der Waals surface area contributed by atoms with Crippen molar-refractivity contribution in [2.45, 2.75) is 36.8 Å². The number of methoxy groups -OCH3 is 1. The molecule has 1 fully saturated rings. The Balaban J connectivity index is 2.14. The number of nitrogens with one attached hydrogen (secondary N) is 1. The first-order valence-corrected chi connectivity index (χ1v) is 7.83. The Hall–Kier alpha value is -1.44. The highest BCUT2D eigenvalue weighted by atomic mass is 32.2. The number of benzene rings is 1. The summed E-state index contributed by atoms with van der Waals surface area (Å²) in [4.78, 5) is 12.1. The lowest BCUT2D eigenvalue weighted by Gasteiger charge is -2.34. The van der Waals surface area contributed by atoms with E-state index in [4.69, 9.17) is 9.88 Å². The highest BCUT2D eigenvalue weighted by Gasteiger charge is 2.30. The van der Waals surface area contributed by atoms with E-state index in [2.05, 4.69) is 5.32 Å². The van der Waals surface area contributed by atoms with Gasteiger partial charge in [0.25, 0.3) is 5.91 Å². The minimum atomic E-state index is -3.81. The van der Waals surface area contributed by atoms with Crippen molar-refractivity contribution in [2.75, 3.05) is 7.11 Å². The summed E-state index contributed by atoms with van der Waals surface area (Å²) >= 11 is 0. The molecule has 0 atom stereocenters. The number of carbonyl (C=O) groups excluding carboxylic acids is 1. The van der Waals surface area contributed by atoms with Crippen LogP contribution in [0.25, 0.3) is 0 Å². The van der Waals surface area contributed by atoms with E-state index in [1.807, 2.05) is 0 Å². The van der Waals surface area contributed by atoms with E-state index in [-0.39, 0.29) is 22.9 Å². The first-order valence-electron chi connectivity index (χ1n) is 6.28. The van der Waals surface area contributed by atoms with E-state index in [1.165, 1.54) is 12.1 Å². The van der Waals surface area contributed by atoms with E-state index in [0.717, 1.165) is 12.8 Å². The topological polar surface area (TPSA) is 98.5 Å². The molecule has 6 nitrogen and oxygen atoms in total. The van der Waals surface area contributed by atoms with Gasteiger partial charge in [0.1, 0.15) is 0 Å². The molecule has 0 bridgehead atoms. The van der Waals surface area contributed by atoms with Crippen molar-refractivity contribution in [3.63, 3.8) is 0 Å². The largest absolute Gasteiger partial charge is 0.381 e. The lowest BCUT2D eigenvalue weighted by atomic mass is 9.89. The summed E-state index contributed by atoms with van der Waals surface area (Å²) in [7, 11) is -2.17. The molecule has 1 aromatic rings. The molecule has 1 aromatic carbocycles. The zero-order chi connectivity index (χ0) is 14.9. The van der Waals surface area contributed by atoms with Gasteiger partial charge in [-0.1, -0.05) is 6.07 Å². The first-order chi connectivity index (χ1) is 9.31. The van der Waals surface area contributed by atoms with Crippen LogP contribution in [0.15, 0.2) is 23.1 Å². The number of primary sulfonamides is 1. The maximum atomic E-state index is 12.2. The molecule has 0 aromatic heterocycles. The lowest BCUT2D eigenvalue weighted by Crippen LogP contribution is -2.47. The van der Waals surface area contributed by atoms with Crippen LogP contribution in [0.3, 0.4) is 0 Å². The number of rotatable bonds is 4. The molecule has 0 radical (unpaired) electrons. The minimum Gasteiger partial charge on any atom is -0.381 e. The van der Waals surface area contributed by atoms with E-state index in [9.17, 15) is 13.2 Å². The molecule has 0 saturated heterocycles. The Labute approximate surface area is 118 Å². The smallest absolute Gasteiger partial charge is 0.251 e. The van der Waals surface area contributed by atoms with Gasteiger partial charge in [0.2, 0.25) is 10.0 Å². The number of hydrogen-bond donors (Lipinski definition) is 2. The third kappa shape index (κ3) is 3.17. The van der Waals surface area contributed by atoms with Gasteiger partial charge >= 0.3 is 0 Å². The molecule has 2 rings (SSSR count). The zero-order valence-electron chi connectivity index (χ0n) is 11.4. The van der Waals surface area contributed by atoms with Crippen LogP contribution in [0, 0.1) is 6.92 Å². The molecule has 7 heteroatoms. The summed E-state index contributed by atoms with van der Waals surface area (Å²) in [5.74, 6) is -0.285. The fourth-order valence-corrected chi connectivity index (χ4v) is 2.70. The average molecular weight is 298 g/mol. The van der Waals surface area contributed by atoms with Crippen LogP contribution >= 0.6 is 0 Å². The Kier molecular flexibility index (Phi) is 4.12. The summed E-state index contributed by atoms with van der Waals surface area (Å²) in [5, 5.41) is 7.94. The van der Waals surface area contributed by atoms with Crippen LogP contribution in [-0.4, -0.2) is 33.6 Å². The number of carbonyl (C=O) groups is 1. The molecule has 1 aliphatic carbocycles. The Morgan fingerprint density at radius 2 is 2.05 bits per heavy atom. The fraction of sp³-hybridized carbons (Fsp3) is 0.462. The summed E-state index contributed by atoms with van der Waals surface area (Å²) < 4.78 is 27.8. The number of ether oxygens (including phenoxy) is 1. The van der Waals surface area contributed by atoms with Gasteiger partial charge in [0, 0.05) is 18.7 Å². The Morgan fingerprint density at radius 3 is 2.60 bits per heavy atom. The summed E-state index contributed by atoms with van der Waals surface area (Å²) in [6, 6.07) is 4.36. The molecule has 1 aliphatic rings. The fourth-order valence-electron chi connectivity index (χ4n) is 2.16. The van der Waals surface area contributed by atoms with Crippen LogP contribution in [0.4, 0.5) is 0 Å². The SMILES string of the molecule is COC1CC(NC(=O)c2cc(S(N)(=O)=O)ccc2C)C1. The average Bonchev–Trinajstić information content (AvgIpc) is 2.31. The van der Waals surface area contributed by atoms with Crippen molar-refractivity contribution in [3.05, 3.63) is 29.3 Å². The van der Waals surface area contributed by atoms with E-state index in [1.54, 1.807) is 20.1 Å². The minimum absolute atomic E-state index is 0.0587. The van der Waals surface area contributed by atoms with Crippen LogP contribution in [0.2, 0.25) is 0 Å². The molecule has 110 valence electrons. The summed E-state index contributed by atoms with van der Waals surface area (Å²) in [5.41, 5.74) is 1.04. The van der Waals surface area contributed by atoms with Crippen molar-refractivity contribution >= 4 is 15.9 Å². The lowest BCUT2D eigenvalue weighted by molar-refractivity contribution is 0.0176. The van der Waals surface area contributed by atoms with Gasteiger partial charge in [-0.3, -0.25) is 4.79 Å². The third-order valence-electron chi connectivity index (χ3n) is 3.55. The zero-order valence-corrected chi connectivity index (χ0v) is 12.2. The van der Waals surface area contributed by atoms with Crippen LogP contribution in [-0.2, 0) is 14.8 Å². The number of hydrogen-bond acceptors (Lipinski definition) is 4. The van der Waals surface area contributed by atoms with Gasteiger partial charge in [-0.05, 0) is 37.5 Å². The molecule has 3 N–H and O–H groups in total. The van der Waals surface area contributed by atoms with Crippen LogP contribution < -0.4 is 10.5 Å². The highest BCUT2D eigenvalue weighted by Crippen LogP contribution is 2.23. The van der Waals surface area contributed by atoms with Gasteiger partial charge in [-0.15, -0.1) is 0 Å². The Morgan fingerprint density at radius 1 is 1.40 bits per heavy atom. The second kappa shape index (κ2) is 5.51. The second-order valence-electron chi connectivity index (χ2n) is 5.02. The first kappa shape index (κ1) is 15.0. The molecular weight excluding hydrogens is 280 g/mol. The maximum Gasteiger partial charge on any atom is 0.251 e. The molecule has 0 spiro atoms. The third-order valence-corrected chi connectivity index (χ3v) is 4.46. The molecule has 20 heavy (non-hydrogen) atoms.